The maximum Gasteiger partial charge on any atom is 0.413 e. The van der Waals surface area contributed by atoms with Crippen LogP contribution in [0.3, 0.4) is 0 Å². The third kappa shape index (κ3) is 4.95. The third-order valence-corrected chi connectivity index (χ3v) is 1.92. The second-order valence-corrected chi connectivity index (χ2v) is 4.75. The van der Waals surface area contributed by atoms with E-state index in [0.29, 0.717) is 0 Å². The molecule has 0 aliphatic carbocycles. The first-order valence-electron chi connectivity index (χ1n) is 5.95. The van der Waals surface area contributed by atoms with Crippen LogP contribution in [0.5, 0.6) is 0 Å². The van der Waals surface area contributed by atoms with Gasteiger partial charge in [0.25, 0.3) is 0 Å². The van der Waals surface area contributed by atoms with E-state index in [9.17, 15) is 9.59 Å². The van der Waals surface area contributed by atoms with Crippen molar-refractivity contribution in [1.29, 1.82) is 0 Å². The summed E-state index contributed by atoms with van der Waals surface area (Å²) in [4.78, 5) is 27.3. The number of nitrogens with zero attached hydrogens (tertiary/aromatic N) is 1. The average molecular weight is 266 g/mol. The van der Waals surface area contributed by atoms with E-state index in [1.165, 1.54) is 12.3 Å². The molecule has 1 N–H and O–H groups in total. The number of aromatic nitrogens is 1. The van der Waals surface area contributed by atoms with E-state index in [1.54, 1.807) is 33.8 Å². The van der Waals surface area contributed by atoms with Gasteiger partial charge in [-0.1, -0.05) is 0 Å². The van der Waals surface area contributed by atoms with Gasteiger partial charge in [0.15, 0.2) is 0 Å². The lowest BCUT2D eigenvalue weighted by Crippen LogP contribution is -2.28. The lowest BCUT2D eigenvalue weighted by Gasteiger charge is -2.19. The lowest BCUT2D eigenvalue weighted by atomic mass is 10.2. The van der Waals surface area contributed by atoms with Gasteiger partial charge in [-0.05, 0) is 39.8 Å². The molecule has 0 aromatic carbocycles. The summed E-state index contributed by atoms with van der Waals surface area (Å²) >= 11 is 0. The number of esters is 1. The fourth-order valence-corrected chi connectivity index (χ4v) is 1.28. The molecule has 0 aliphatic heterocycles. The Labute approximate surface area is 112 Å². The number of anilines is 1. The summed E-state index contributed by atoms with van der Waals surface area (Å²) in [7, 11) is 0. The van der Waals surface area contributed by atoms with Gasteiger partial charge in [0, 0.05) is 6.20 Å². The van der Waals surface area contributed by atoms with E-state index < -0.39 is 17.7 Å². The third-order valence-electron chi connectivity index (χ3n) is 1.92. The molecule has 0 fully saturated rings. The van der Waals surface area contributed by atoms with Gasteiger partial charge in [0.05, 0.1) is 6.61 Å². The Morgan fingerprint density at radius 3 is 2.63 bits per heavy atom. The largest absolute Gasteiger partial charge is 0.462 e. The molecule has 0 saturated heterocycles. The van der Waals surface area contributed by atoms with Crippen molar-refractivity contribution in [2.45, 2.75) is 33.3 Å². The van der Waals surface area contributed by atoms with E-state index in [1.807, 2.05) is 0 Å². The zero-order valence-electron chi connectivity index (χ0n) is 11.5. The van der Waals surface area contributed by atoms with Crippen LogP contribution in [-0.2, 0) is 9.47 Å². The minimum absolute atomic E-state index is 0.121. The predicted octanol–water partition coefficient (Wildman–Crippen LogP) is 2.61. The van der Waals surface area contributed by atoms with Crippen LogP contribution in [-0.4, -0.2) is 29.3 Å². The Balaban J connectivity index is 2.84. The summed E-state index contributed by atoms with van der Waals surface area (Å²) in [6.45, 7) is 7.20. The molecule has 1 rings (SSSR count). The van der Waals surface area contributed by atoms with E-state index in [2.05, 4.69) is 10.3 Å². The van der Waals surface area contributed by atoms with Gasteiger partial charge in [-0.2, -0.15) is 0 Å². The van der Waals surface area contributed by atoms with Gasteiger partial charge < -0.3 is 9.47 Å². The Bertz CT molecular complexity index is 466. The van der Waals surface area contributed by atoms with Crippen LogP contribution in [0, 0.1) is 0 Å². The molecule has 0 spiro atoms. The summed E-state index contributed by atoms with van der Waals surface area (Å²) < 4.78 is 9.97. The molecule has 1 heterocycles. The highest BCUT2D eigenvalue weighted by Crippen LogP contribution is 2.15. The maximum atomic E-state index is 11.7. The van der Waals surface area contributed by atoms with E-state index in [0.717, 1.165) is 0 Å². The molecule has 1 amide bonds. The fourth-order valence-electron chi connectivity index (χ4n) is 1.28. The van der Waals surface area contributed by atoms with Crippen molar-refractivity contribution in [2.75, 3.05) is 11.9 Å². The first-order valence-corrected chi connectivity index (χ1v) is 5.95. The van der Waals surface area contributed by atoms with Gasteiger partial charge >= 0.3 is 12.1 Å². The highest BCUT2D eigenvalue weighted by atomic mass is 16.6. The summed E-state index contributed by atoms with van der Waals surface area (Å²) in [5.41, 5.74) is -0.432. The molecule has 1 aromatic rings. The van der Waals surface area contributed by atoms with Gasteiger partial charge in [0.1, 0.15) is 17.0 Å². The van der Waals surface area contributed by atoms with Gasteiger partial charge in [-0.3, -0.25) is 5.32 Å². The lowest BCUT2D eigenvalue weighted by molar-refractivity contribution is 0.0527. The highest BCUT2D eigenvalue weighted by molar-refractivity contribution is 5.98. The van der Waals surface area contributed by atoms with Crippen molar-refractivity contribution < 1.29 is 19.1 Å². The van der Waals surface area contributed by atoms with Crippen molar-refractivity contribution in [3.63, 3.8) is 0 Å². The number of amides is 1. The minimum atomic E-state index is -0.670. The van der Waals surface area contributed by atoms with Crippen molar-refractivity contribution in [2.24, 2.45) is 0 Å². The zero-order chi connectivity index (χ0) is 14.5. The van der Waals surface area contributed by atoms with Crippen LogP contribution in [0.15, 0.2) is 18.3 Å². The topological polar surface area (TPSA) is 77.5 Å². The first kappa shape index (κ1) is 14.9. The van der Waals surface area contributed by atoms with Crippen LogP contribution in [0.1, 0.15) is 38.1 Å². The normalized spacial score (nSPS) is 10.7. The molecule has 0 unspecified atom stereocenters. The van der Waals surface area contributed by atoms with E-state index >= 15 is 0 Å². The number of ether oxygens (including phenoxy) is 2. The molecular formula is C13H18N2O4. The second-order valence-electron chi connectivity index (χ2n) is 4.75. The maximum absolute atomic E-state index is 11.7. The number of pyridine rings is 1. The van der Waals surface area contributed by atoms with Crippen molar-refractivity contribution in [1.82, 2.24) is 4.98 Å². The molecule has 0 saturated carbocycles. The standard InChI is InChI=1S/C13H18N2O4/c1-5-18-11(16)9-7-6-8-14-10(9)15-12(17)19-13(2,3)4/h6-8H,5H2,1-4H3,(H,14,15,17). The SMILES string of the molecule is CCOC(=O)c1cccnc1NC(=O)OC(C)(C)C. The molecule has 0 atom stereocenters. The zero-order valence-corrected chi connectivity index (χ0v) is 11.5. The monoisotopic (exact) mass is 266 g/mol. The number of carbonyl (C=O) groups is 2. The minimum Gasteiger partial charge on any atom is -0.462 e. The Morgan fingerprint density at radius 2 is 2.05 bits per heavy atom. The number of rotatable bonds is 3. The molecule has 0 bridgehead atoms. The predicted molar refractivity (Wildman–Crippen MR) is 70.1 cm³/mol. The molecule has 1 aromatic heterocycles. The summed E-state index contributed by atoms with van der Waals surface area (Å²) in [5.74, 6) is -0.420. The molecule has 104 valence electrons. The second kappa shape index (κ2) is 6.17. The number of hydrogen-bond donors (Lipinski definition) is 1. The first-order chi connectivity index (χ1) is 8.83. The van der Waals surface area contributed by atoms with Crippen LogP contribution in [0.4, 0.5) is 10.6 Å². The van der Waals surface area contributed by atoms with Crippen molar-refractivity contribution >= 4 is 17.9 Å². The van der Waals surface area contributed by atoms with Gasteiger partial charge in [0.2, 0.25) is 0 Å². The van der Waals surface area contributed by atoms with Crippen molar-refractivity contribution in [3.05, 3.63) is 23.9 Å². The molecule has 0 aliphatic rings. The molecular weight excluding hydrogens is 248 g/mol. The van der Waals surface area contributed by atoms with Crippen LogP contribution < -0.4 is 5.32 Å². The van der Waals surface area contributed by atoms with Crippen molar-refractivity contribution in [3.8, 4) is 0 Å². The van der Waals surface area contributed by atoms with Gasteiger partial charge in [-0.15, -0.1) is 0 Å². The van der Waals surface area contributed by atoms with E-state index in [-0.39, 0.29) is 18.0 Å². The number of nitrogens with one attached hydrogen (secondary N) is 1. The molecule has 19 heavy (non-hydrogen) atoms. The fraction of sp³-hybridized carbons (Fsp3) is 0.462. The van der Waals surface area contributed by atoms with Crippen LogP contribution >= 0.6 is 0 Å². The summed E-state index contributed by atoms with van der Waals surface area (Å²) in [6, 6.07) is 3.12. The average Bonchev–Trinajstić information content (AvgIpc) is 2.27. The number of hydrogen-bond acceptors (Lipinski definition) is 5. The molecule has 0 radical (unpaired) electrons. The Morgan fingerprint density at radius 1 is 1.37 bits per heavy atom. The smallest absolute Gasteiger partial charge is 0.413 e. The molecule has 6 heteroatoms. The quantitative estimate of drug-likeness (QED) is 0.851. The van der Waals surface area contributed by atoms with Gasteiger partial charge in [-0.25, -0.2) is 14.6 Å². The molecule has 6 nitrogen and oxygen atoms in total. The van der Waals surface area contributed by atoms with Crippen LogP contribution in [0.25, 0.3) is 0 Å². The number of carbonyl (C=O) groups excluding carboxylic acids is 2. The summed E-state index contributed by atoms with van der Waals surface area (Å²) in [6.07, 6.45) is 0.798. The summed E-state index contributed by atoms with van der Waals surface area (Å²) in [5, 5.41) is 2.43. The highest BCUT2D eigenvalue weighted by Gasteiger charge is 2.19. The van der Waals surface area contributed by atoms with E-state index in [4.69, 9.17) is 9.47 Å². The Kier molecular flexibility index (Phi) is 4.86. The Hall–Kier alpha value is -2.11. The van der Waals surface area contributed by atoms with Crippen LogP contribution in [0.2, 0.25) is 0 Å².